The number of hydrogen-bond donors (Lipinski definition) is 0. The lowest BCUT2D eigenvalue weighted by molar-refractivity contribution is -0.120. The maximum absolute atomic E-state index is 14.1. The van der Waals surface area contributed by atoms with Gasteiger partial charge in [-0.3, -0.25) is 9.20 Å². The van der Waals surface area contributed by atoms with Crippen molar-refractivity contribution in [1.82, 2.24) is 9.38 Å². The fraction of sp³-hybridized carbons (Fsp3) is 0.0625. The van der Waals surface area contributed by atoms with E-state index >= 15 is 0 Å². The number of fused-ring (bicyclic) bond motifs is 1. The first kappa shape index (κ1) is 15.5. The van der Waals surface area contributed by atoms with Crippen LogP contribution in [0.5, 0.6) is 17.4 Å². The molecular formula is C16H11FN2O5. The predicted octanol–water partition coefficient (Wildman–Crippen LogP) is 2.59. The molecule has 0 N–H and O–H groups in total. The number of esters is 1. The summed E-state index contributed by atoms with van der Waals surface area (Å²) in [7, 11) is 1.26. The van der Waals surface area contributed by atoms with Crippen LogP contribution in [0.3, 0.4) is 0 Å². The number of methoxy groups -OCH3 is 1. The topological polar surface area (TPSA) is 79.1 Å². The smallest absolute Gasteiger partial charge is 0.338 e. The number of halogens is 1. The van der Waals surface area contributed by atoms with E-state index in [1.165, 1.54) is 37.8 Å². The van der Waals surface area contributed by atoms with Gasteiger partial charge in [-0.2, -0.15) is 0 Å². The van der Waals surface area contributed by atoms with Gasteiger partial charge in [-0.15, -0.1) is 0 Å². The van der Waals surface area contributed by atoms with Gasteiger partial charge >= 0.3 is 5.97 Å². The summed E-state index contributed by atoms with van der Waals surface area (Å²) in [6, 6.07) is 6.68. The van der Waals surface area contributed by atoms with Crippen LogP contribution in [0.15, 0.2) is 42.9 Å². The lowest BCUT2D eigenvalue weighted by Gasteiger charge is -2.11. The third kappa shape index (κ3) is 2.89. The molecule has 0 amide bonds. The van der Waals surface area contributed by atoms with Crippen LogP contribution < -0.4 is 9.47 Å². The minimum atomic E-state index is -0.730. The van der Waals surface area contributed by atoms with Gasteiger partial charge in [-0.1, -0.05) is 0 Å². The zero-order chi connectivity index (χ0) is 17.1. The zero-order valence-corrected chi connectivity index (χ0v) is 12.4. The Morgan fingerprint density at radius 3 is 2.83 bits per heavy atom. The van der Waals surface area contributed by atoms with Crippen molar-refractivity contribution in [3.05, 3.63) is 54.2 Å². The summed E-state index contributed by atoms with van der Waals surface area (Å²) >= 11 is 0. The third-order valence-corrected chi connectivity index (χ3v) is 3.21. The average molecular weight is 330 g/mol. The van der Waals surface area contributed by atoms with Gasteiger partial charge in [0.05, 0.1) is 24.4 Å². The molecule has 0 unspecified atom stereocenters. The Balaban J connectivity index is 2.01. The Morgan fingerprint density at radius 1 is 1.29 bits per heavy atom. The van der Waals surface area contributed by atoms with Gasteiger partial charge in [0.25, 0.3) is 6.47 Å². The number of benzene rings is 1. The quantitative estimate of drug-likeness (QED) is 0.528. The van der Waals surface area contributed by atoms with Crippen LogP contribution in [0.25, 0.3) is 5.52 Å². The maximum atomic E-state index is 14.1. The Morgan fingerprint density at radius 2 is 2.12 bits per heavy atom. The molecule has 0 bridgehead atoms. The van der Waals surface area contributed by atoms with Gasteiger partial charge < -0.3 is 14.2 Å². The lowest BCUT2D eigenvalue weighted by atomic mass is 10.2. The van der Waals surface area contributed by atoms with Crippen molar-refractivity contribution in [2.24, 2.45) is 0 Å². The van der Waals surface area contributed by atoms with Gasteiger partial charge in [-0.25, -0.2) is 14.2 Å². The summed E-state index contributed by atoms with van der Waals surface area (Å²) < 4.78 is 30.4. The highest BCUT2D eigenvalue weighted by atomic mass is 19.1. The van der Waals surface area contributed by atoms with Crippen molar-refractivity contribution in [1.29, 1.82) is 0 Å². The number of imidazole rings is 1. The van der Waals surface area contributed by atoms with Crippen molar-refractivity contribution < 1.29 is 28.2 Å². The first-order valence-corrected chi connectivity index (χ1v) is 6.74. The van der Waals surface area contributed by atoms with Crippen molar-refractivity contribution in [2.45, 2.75) is 0 Å². The van der Waals surface area contributed by atoms with E-state index in [1.54, 1.807) is 10.5 Å². The molecule has 0 radical (unpaired) electrons. The Kier molecular flexibility index (Phi) is 4.11. The highest BCUT2D eigenvalue weighted by Gasteiger charge is 2.14. The maximum Gasteiger partial charge on any atom is 0.338 e. The van der Waals surface area contributed by atoms with Crippen LogP contribution in [0.4, 0.5) is 4.39 Å². The van der Waals surface area contributed by atoms with E-state index in [9.17, 15) is 14.0 Å². The van der Waals surface area contributed by atoms with Crippen molar-refractivity contribution in [3.63, 3.8) is 0 Å². The Labute approximate surface area is 135 Å². The third-order valence-electron chi connectivity index (χ3n) is 3.21. The molecule has 0 atom stereocenters. The van der Waals surface area contributed by atoms with Crippen LogP contribution in [0.2, 0.25) is 0 Å². The highest BCUT2D eigenvalue weighted by Crippen LogP contribution is 2.29. The molecule has 0 aliphatic carbocycles. The molecule has 0 aliphatic heterocycles. The standard InChI is InChI=1S/C16H11FN2O5/c1-22-16(21)10-4-11-7-18-8-19(11)15(5-10)24-14-3-2-12(23-9-20)6-13(14)17/h2-9H,1H3. The van der Waals surface area contributed by atoms with E-state index in [0.717, 1.165) is 6.07 Å². The predicted molar refractivity (Wildman–Crippen MR) is 79.7 cm³/mol. The number of carbonyl (C=O) groups is 2. The largest absolute Gasteiger partial charge is 0.465 e. The Bertz CT molecular complexity index is 922. The number of aromatic nitrogens is 2. The number of hydrogen-bond acceptors (Lipinski definition) is 6. The second-order valence-electron chi connectivity index (χ2n) is 4.67. The van der Waals surface area contributed by atoms with E-state index in [4.69, 9.17) is 4.74 Å². The van der Waals surface area contributed by atoms with Crippen LogP contribution in [0.1, 0.15) is 10.4 Å². The number of rotatable bonds is 5. The molecule has 24 heavy (non-hydrogen) atoms. The van der Waals surface area contributed by atoms with Crippen LogP contribution in [-0.4, -0.2) is 28.9 Å². The second-order valence-corrected chi connectivity index (χ2v) is 4.67. The highest BCUT2D eigenvalue weighted by molar-refractivity contribution is 5.91. The van der Waals surface area contributed by atoms with Gasteiger partial charge in [-0.05, 0) is 18.2 Å². The normalized spacial score (nSPS) is 10.4. The average Bonchev–Trinajstić information content (AvgIpc) is 3.05. The van der Waals surface area contributed by atoms with Crippen molar-refractivity contribution >= 4 is 18.0 Å². The second kappa shape index (κ2) is 6.37. The van der Waals surface area contributed by atoms with Crippen molar-refractivity contribution in [3.8, 4) is 17.4 Å². The van der Waals surface area contributed by atoms with E-state index in [0.29, 0.717) is 5.52 Å². The molecule has 122 valence electrons. The fourth-order valence-corrected chi connectivity index (χ4v) is 2.12. The van der Waals surface area contributed by atoms with E-state index in [-0.39, 0.29) is 29.4 Å². The molecule has 0 saturated heterocycles. The molecule has 0 saturated carbocycles. The van der Waals surface area contributed by atoms with Crippen LogP contribution in [0, 0.1) is 5.82 Å². The molecule has 8 heteroatoms. The molecular weight excluding hydrogens is 319 g/mol. The molecule has 3 aromatic rings. The molecule has 3 rings (SSSR count). The number of nitrogens with zero attached hydrogens (tertiary/aromatic N) is 2. The number of carbonyl (C=O) groups excluding carboxylic acids is 2. The summed E-state index contributed by atoms with van der Waals surface area (Å²) in [6.07, 6.45) is 2.99. The Hall–Kier alpha value is -3.42. The van der Waals surface area contributed by atoms with Crippen LogP contribution >= 0.6 is 0 Å². The molecule has 2 aromatic heterocycles. The van der Waals surface area contributed by atoms with E-state index in [2.05, 4.69) is 14.5 Å². The molecule has 2 heterocycles. The number of pyridine rings is 1. The van der Waals surface area contributed by atoms with Gasteiger partial charge in [0.15, 0.2) is 11.6 Å². The summed E-state index contributed by atoms with van der Waals surface area (Å²) in [5.74, 6) is -1.17. The summed E-state index contributed by atoms with van der Waals surface area (Å²) in [5.41, 5.74) is 0.816. The monoisotopic (exact) mass is 330 g/mol. The summed E-state index contributed by atoms with van der Waals surface area (Å²) in [5, 5.41) is 0. The van der Waals surface area contributed by atoms with Crippen molar-refractivity contribution in [2.75, 3.05) is 7.11 Å². The minimum absolute atomic E-state index is 0.0472. The number of ether oxygens (including phenoxy) is 3. The molecule has 1 aromatic carbocycles. The summed E-state index contributed by atoms with van der Waals surface area (Å²) in [6.45, 7) is 0.199. The fourth-order valence-electron chi connectivity index (χ4n) is 2.12. The first-order chi connectivity index (χ1) is 11.6. The molecule has 0 fully saturated rings. The lowest BCUT2D eigenvalue weighted by Crippen LogP contribution is -2.04. The molecule has 0 spiro atoms. The SMILES string of the molecule is COC(=O)c1cc(Oc2ccc(OC=O)cc2F)n2cncc2c1. The van der Waals surface area contributed by atoms with Crippen LogP contribution in [-0.2, 0) is 9.53 Å². The van der Waals surface area contributed by atoms with Gasteiger partial charge in [0.1, 0.15) is 12.1 Å². The first-order valence-electron chi connectivity index (χ1n) is 6.74. The van der Waals surface area contributed by atoms with Gasteiger partial charge in [0, 0.05) is 12.1 Å². The molecule has 7 nitrogen and oxygen atoms in total. The van der Waals surface area contributed by atoms with Gasteiger partial charge in [0.2, 0.25) is 5.88 Å². The summed E-state index contributed by atoms with van der Waals surface area (Å²) in [4.78, 5) is 26.0. The zero-order valence-electron chi connectivity index (χ0n) is 12.4. The van der Waals surface area contributed by atoms with E-state index < -0.39 is 11.8 Å². The van der Waals surface area contributed by atoms with E-state index in [1.807, 2.05) is 0 Å². The minimum Gasteiger partial charge on any atom is -0.465 e. The molecule has 0 aliphatic rings.